The second-order valence-electron chi connectivity index (χ2n) is 6.35. The Balaban J connectivity index is 1.74. The van der Waals surface area contributed by atoms with Gasteiger partial charge in [0.1, 0.15) is 0 Å². The maximum atomic E-state index is 12.2. The fourth-order valence-electron chi connectivity index (χ4n) is 3.33. The molecule has 2 saturated carbocycles. The van der Waals surface area contributed by atoms with Gasteiger partial charge in [0.15, 0.2) is 0 Å². The lowest BCUT2D eigenvalue weighted by Gasteiger charge is -2.30. The Morgan fingerprint density at radius 1 is 0.895 bits per heavy atom. The summed E-state index contributed by atoms with van der Waals surface area (Å²) in [6.45, 7) is 2.27. The Hall–Kier alpha value is -1.06. The zero-order chi connectivity index (χ0) is 13.8. The number of carboxylic acids is 1. The maximum Gasteiger partial charge on any atom is 0.306 e. The van der Waals surface area contributed by atoms with E-state index in [2.05, 4.69) is 12.2 Å². The van der Waals surface area contributed by atoms with Gasteiger partial charge >= 0.3 is 5.97 Å². The first-order valence-corrected chi connectivity index (χ1v) is 7.59. The van der Waals surface area contributed by atoms with Crippen LogP contribution in [0.15, 0.2) is 0 Å². The summed E-state index contributed by atoms with van der Waals surface area (Å²) < 4.78 is 0. The molecule has 0 radical (unpaired) electrons. The average Bonchev–Trinajstić information content (AvgIpc) is 2.41. The van der Waals surface area contributed by atoms with E-state index < -0.39 is 5.97 Å². The highest BCUT2D eigenvalue weighted by Crippen LogP contribution is 2.30. The molecule has 2 rings (SSSR count). The Bertz CT molecular complexity index is 326. The molecule has 0 aromatic carbocycles. The van der Waals surface area contributed by atoms with E-state index in [9.17, 15) is 9.59 Å². The molecular weight excluding hydrogens is 242 g/mol. The standard InChI is InChI=1S/C15H25NO3/c1-10-2-8-13(9-3-10)16-14(17)11-4-6-12(7-5-11)15(18)19/h10-13H,2-9H2,1H3,(H,16,17)(H,18,19). The number of rotatable bonds is 3. The summed E-state index contributed by atoms with van der Waals surface area (Å²) in [6.07, 6.45) is 7.35. The topological polar surface area (TPSA) is 66.4 Å². The molecule has 2 fully saturated rings. The molecule has 0 aliphatic heterocycles. The molecule has 19 heavy (non-hydrogen) atoms. The van der Waals surface area contributed by atoms with Gasteiger partial charge in [0, 0.05) is 12.0 Å². The minimum Gasteiger partial charge on any atom is -0.481 e. The van der Waals surface area contributed by atoms with Gasteiger partial charge in [-0.3, -0.25) is 9.59 Å². The van der Waals surface area contributed by atoms with Crippen LogP contribution in [-0.4, -0.2) is 23.0 Å². The van der Waals surface area contributed by atoms with Crippen LogP contribution >= 0.6 is 0 Å². The highest BCUT2D eigenvalue weighted by Gasteiger charge is 2.31. The molecule has 2 N–H and O–H groups in total. The van der Waals surface area contributed by atoms with Crippen LogP contribution in [0.4, 0.5) is 0 Å². The number of hydrogen-bond donors (Lipinski definition) is 2. The van der Waals surface area contributed by atoms with Gasteiger partial charge in [-0.25, -0.2) is 0 Å². The largest absolute Gasteiger partial charge is 0.481 e. The lowest BCUT2D eigenvalue weighted by atomic mass is 9.81. The third-order valence-electron chi connectivity index (χ3n) is 4.81. The number of nitrogens with one attached hydrogen (secondary N) is 1. The van der Waals surface area contributed by atoms with Gasteiger partial charge in [-0.2, -0.15) is 0 Å². The van der Waals surface area contributed by atoms with Crippen LogP contribution in [0, 0.1) is 17.8 Å². The van der Waals surface area contributed by atoms with E-state index >= 15 is 0 Å². The van der Waals surface area contributed by atoms with Crippen LogP contribution in [0.2, 0.25) is 0 Å². The van der Waals surface area contributed by atoms with Gasteiger partial charge in [-0.05, 0) is 57.3 Å². The van der Waals surface area contributed by atoms with Crippen LogP contribution in [0.3, 0.4) is 0 Å². The maximum absolute atomic E-state index is 12.2. The molecule has 0 saturated heterocycles. The predicted molar refractivity (Wildman–Crippen MR) is 72.6 cm³/mol. The van der Waals surface area contributed by atoms with E-state index in [0.717, 1.165) is 31.6 Å². The van der Waals surface area contributed by atoms with Crippen LogP contribution in [0.25, 0.3) is 0 Å². The number of amides is 1. The first-order chi connectivity index (χ1) is 9.06. The van der Waals surface area contributed by atoms with E-state index in [0.29, 0.717) is 18.9 Å². The molecule has 0 atom stereocenters. The number of hydrogen-bond acceptors (Lipinski definition) is 2. The van der Waals surface area contributed by atoms with Gasteiger partial charge in [-0.15, -0.1) is 0 Å². The number of aliphatic carboxylic acids is 1. The van der Waals surface area contributed by atoms with Crippen molar-refractivity contribution in [2.75, 3.05) is 0 Å². The molecule has 0 aromatic rings. The van der Waals surface area contributed by atoms with Crippen molar-refractivity contribution in [2.24, 2.45) is 17.8 Å². The third kappa shape index (κ3) is 3.95. The summed E-state index contributed by atoms with van der Waals surface area (Å²) in [5.74, 6) is 0.0391. The van der Waals surface area contributed by atoms with E-state index in [1.165, 1.54) is 12.8 Å². The van der Waals surface area contributed by atoms with Crippen molar-refractivity contribution in [3.63, 3.8) is 0 Å². The van der Waals surface area contributed by atoms with Gasteiger partial charge < -0.3 is 10.4 Å². The van der Waals surface area contributed by atoms with E-state index in [1.807, 2.05) is 0 Å². The van der Waals surface area contributed by atoms with Crippen molar-refractivity contribution in [3.8, 4) is 0 Å². The molecule has 2 aliphatic carbocycles. The van der Waals surface area contributed by atoms with Crippen molar-refractivity contribution >= 4 is 11.9 Å². The Morgan fingerprint density at radius 2 is 1.42 bits per heavy atom. The molecule has 4 heteroatoms. The lowest BCUT2D eigenvalue weighted by molar-refractivity contribution is -0.144. The zero-order valence-electron chi connectivity index (χ0n) is 11.7. The molecule has 1 amide bonds. The molecule has 108 valence electrons. The Labute approximate surface area is 115 Å². The van der Waals surface area contributed by atoms with Crippen LogP contribution in [0.1, 0.15) is 58.3 Å². The summed E-state index contributed by atoms with van der Waals surface area (Å²) in [7, 11) is 0. The Kier molecular flexibility index (Phi) is 4.83. The highest BCUT2D eigenvalue weighted by molar-refractivity contribution is 5.79. The summed E-state index contributed by atoms with van der Waals surface area (Å²) in [5.41, 5.74) is 0. The van der Waals surface area contributed by atoms with Crippen molar-refractivity contribution in [2.45, 2.75) is 64.3 Å². The smallest absolute Gasteiger partial charge is 0.306 e. The number of carbonyl (C=O) groups is 2. The van der Waals surface area contributed by atoms with E-state index in [-0.39, 0.29) is 17.7 Å². The van der Waals surface area contributed by atoms with Gasteiger partial charge in [-0.1, -0.05) is 6.92 Å². The van der Waals surface area contributed by atoms with Gasteiger partial charge in [0.2, 0.25) is 5.91 Å². The van der Waals surface area contributed by atoms with Crippen molar-refractivity contribution in [1.82, 2.24) is 5.32 Å². The van der Waals surface area contributed by atoms with Crippen LogP contribution in [0.5, 0.6) is 0 Å². The Morgan fingerprint density at radius 3 is 1.95 bits per heavy atom. The quantitative estimate of drug-likeness (QED) is 0.826. The van der Waals surface area contributed by atoms with Crippen LogP contribution in [-0.2, 0) is 9.59 Å². The second kappa shape index (κ2) is 6.40. The number of carbonyl (C=O) groups excluding carboxylic acids is 1. The second-order valence-corrected chi connectivity index (χ2v) is 6.35. The third-order valence-corrected chi connectivity index (χ3v) is 4.81. The molecule has 2 aliphatic rings. The summed E-state index contributed by atoms with van der Waals surface area (Å²) in [6, 6.07) is 0.348. The van der Waals surface area contributed by atoms with Crippen LogP contribution < -0.4 is 5.32 Å². The highest BCUT2D eigenvalue weighted by atomic mass is 16.4. The predicted octanol–water partition coefficient (Wildman–Crippen LogP) is 2.57. The number of carboxylic acid groups (broad SMARTS) is 1. The fourth-order valence-corrected chi connectivity index (χ4v) is 3.33. The molecule has 0 spiro atoms. The van der Waals surface area contributed by atoms with E-state index in [1.54, 1.807) is 0 Å². The van der Waals surface area contributed by atoms with Gasteiger partial charge in [0.05, 0.1) is 5.92 Å². The molecule has 0 bridgehead atoms. The van der Waals surface area contributed by atoms with E-state index in [4.69, 9.17) is 5.11 Å². The summed E-state index contributed by atoms with van der Waals surface area (Å²) in [4.78, 5) is 23.0. The fraction of sp³-hybridized carbons (Fsp3) is 0.867. The normalized spacial score (nSPS) is 35.6. The lowest BCUT2D eigenvalue weighted by Crippen LogP contribution is -2.42. The minimum absolute atomic E-state index is 0.0370. The minimum atomic E-state index is -0.708. The van der Waals surface area contributed by atoms with Crippen molar-refractivity contribution < 1.29 is 14.7 Å². The zero-order valence-corrected chi connectivity index (χ0v) is 11.7. The summed E-state index contributed by atoms with van der Waals surface area (Å²) in [5, 5.41) is 12.1. The van der Waals surface area contributed by atoms with Gasteiger partial charge in [0.25, 0.3) is 0 Å². The first kappa shape index (κ1) is 14.4. The molecule has 0 heterocycles. The van der Waals surface area contributed by atoms with Crippen molar-refractivity contribution in [3.05, 3.63) is 0 Å². The SMILES string of the molecule is CC1CCC(NC(=O)C2CCC(C(=O)O)CC2)CC1. The summed E-state index contributed by atoms with van der Waals surface area (Å²) >= 11 is 0. The monoisotopic (exact) mass is 267 g/mol. The molecule has 0 aromatic heterocycles. The molecule has 4 nitrogen and oxygen atoms in total. The average molecular weight is 267 g/mol. The molecular formula is C15H25NO3. The molecule has 0 unspecified atom stereocenters. The first-order valence-electron chi connectivity index (χ1n) is 7.59. The van der Waals surface area contributed by atoms with Crippen molar-refractivity contribution in [1.29, 1.82) is 0 Å².